The second-order valence-corrected chi connectivity index (χ2v) is 7.78. The fourth-order valence-corrected chi connectivity index (χ4v) is 4.10. The lowest BCUT2D eigenvalue weighted by Gasteiger charge is -2.27. The van der Waals surface area contributed by atoms with E-state index in [1.54, 1.807) is 31.3 Å². The van der Waals surface area contributed by atoms with Crippen LogP contribution in [0.3, 0.4) is 0 Å². The topological polar surface area (TPSA) is 66.6 Å². The number of nitrogens with zero attached hydrogens (tertiary/aromatic N) is 2. The fourth-order valence-electron chi connectivity index (χ4n) is 2.86. The van der Waals surface area contributed by atoms with E-state index in [0.717, 1.165) is 31.5 Å². The lowest BCUT2D eigenvalue weighted by molar-refractivity contribution is 0.237. The van der Waals surface area contributed by atoms with E-state index in [2.05, 4.69) is 11.8 Å². The number of nitrogens with two attached hydrogens (primary N) is 1. The molecular weight excluding hydrogens is 286 g/mol. The van der Waals surface area contributed by atoms with E-state index < -0.39 is 10.0 Å². The van der Waals surface area contributed by atoms with Gasteiger partial charge in [0, 0.05) is 25.3 Å². The first-order valence-electron chi connectivity index (χ1n) is 7.45. The van der Waals surface area contributed by atoms with Crippen molar-refractivity contribution in [3.63, 3.8) is 0 Å². The number of anilines is 1. The molecule has 1 aromatic carbocycles. The molecule has 1 unspecified atom stereocenters. The van der Waals surface area contributed by atoms with Crippen molar-refractivity contribution in [2.24, 2.45) is 0 Å². The number of rotatable bonds is 6. The molecule has 0 radical (unpaired) electrons. The Labute approximate surface area is 127 Å². The van der Waals surface area contributed by atoms with E-state index in [4.69, 9.17) is 5.73 Å². The smallest absolute Gasteiger partial charge is 0.218 e. The monoisotopic (exact) mass is 311 g/mol. The van der Waals surface area contributed by atoms with E-state index in [-0.39, 0.29) is 5.75 Å². The standard InChI is InChI=1S/C15H25N3O2S/c1-3-18-10-4-5-15(18)11-17(2)21(19,20)12-13-6-8-14(16)9-7-13/h6-9,15H,3-5,10-12,16H2,1-2H3. The van der Waals surface area contributed by atoms with Crippen LogP contribution in [0.2, 0.25) is 0 Å². The molecular formula is C15H25N3O2S. The number of hydrogen-bond donors (Lipinski definition) is 1. The fraction of sp³-hybridized carbons (Fsp3) is 0.600. The molecule has 1 saturated heterocycles. The molecule has 0 bridgehead atoms. The summed E-state index contributed by atoms with van der Waals surface area (Å²) in [6, 6.07) is 7.37. The number of benzene rings is 1. The molecule has 1 aliphatic heterocycles. The summed E-state index contributed by atoms with van der Waals surface area (Å²) in [6.45, 7) is 4.76. The Balaban J connectivity index is 1.99. The predicted molar refractivity (Wildman–Crippen MR) is 86.4 cm³/mol. The number of nitrogen functional groups attached to an aromatic ring is 1. The molecule has 0 aromatic heterocycles. The molecule has 1 aliphatic rings. The third-order valence-corrected chi connectivity index (χ3v) is 5.97. The Hall–Kier alpha value is -1.11. The van der Waals surface area contributed by atoms with Crippen molar-refractivity contribution in [1.29, 1.82) is 0 Å². The summed E-state index contributed by atoms with van der Waals surface area (Å²) in [5, 5.41) is 0. The number of hydrogen-bond acceptors (Lipinski definition) is 4. The maximum Gasteiger partial charge on any atom is 0.218 e. The van der Waals surface area contributed by atoms with Crippen molar-refractivity contribution < 1.29 is 8.42 Å². The van der Waals surface area contributed by atoms with Gasteiger partial charge in [0.15, 0.2) is 0 Å². The molecule has 1 heterocycles. The van der Waals surface area contributed by atoms with E-state index in [1.807, 2.05) is 0 Å². The average Bonchev–Trinajstić information content (AvgIpc) is 2.88. The van der Waals surface area contributed by atoms with Gasteiger partial charge in [-0.2, -0.15) is 0 Å². The van der Waals surface area contributed by atoms with Gasteiger partial charge in [0.1, 0.15) is 0 Å². The second kappa shape index (κ2) is 6.77. The summed E-state index contributed by atoms with van der Waals surface area (Å²) >= 11 is 0. The van der Waals surface area contributed by atoms with Gasteiger partial charge in [0.2, 0.25) is 10.0 Å². The minimum atomic E-state index is -3.28. The molecule has 0 spiro atoms. The summed E-state index contributed by atoms with van der Waals surface area (Å²) in [4.78, 5) is 2.36. The van der Waals surface area contributed by atoms with Crippen LogP contribution in [0.1, 0.15) is 25.3 Å². The molecule has 5 nitrogen and oxygen atoms in total. The lowest BCUT2D eigenvalue weighted by Crippen LogP contribution is -2.41. The van der Waals surface area contributed by atoms with Gasteiger partial charge in [-0.3, -0.25) is 4.90 Å². The van der Waals surface area contributed by atoms with Crippen LogP contribution in [-0.4, -0.2) is 50.3 Å². The van der Waals surface area contributed by atoms with Crippen molar-refractivity contribution in [2.45, 2.75) is 31.6 Å². The van der Waals surface area contributed by atoms with Crippen LogP contribution in [0.4, 0.5) is 5.69 Å². The predicted octanol–water partition coefficient (Wildman–Crippen LogP) is 1.51. The highest BCUT2D eigenvalue weighted by Gasteiger charge is 2.28. The molecule has 1 fully saturated rings. The number of likely N-dealkylation sites (N-methyl/N-ethyl adjacent to an activating group) is 2. The van der Waals surface area contributed by atoms with Crippen LogP contribution >= 0.6 is 0 Å². The largest absolute Gasteiger partial charge is 0.399 e. The Morgan fingerprint density at radius 1 is 1.33 bits per heavy atom. The summed E-state index contributed by atoms with van der Waals surface area (Å²) < 4.78 is 26.4. The van der Waals surface area contributed by atoms with Gasteiger partial charge in [0.25, 0.3) is 0 Å². The molecule has 118 valence electrons. The molecule has 6 heteroatoms. The molecule has 0 saturated carbocycles. The van der Waals surface area contributed by atoms with Crippen LogP contribution < -0.4 is 5.73 Å². The van der Waals surface area contributed by atoms with Gasteiger partial charge in [-0.15, -0.1) is 0 Å². The summed E-state index contributed by atoms with van der Waals surface area (Å²) in [5.41, 5.74) is 7.04. The summed E-state index contributed by atoms with van der Waals surface area (Å²) in [7, 11) is -1.60. The summed E-state index contributed by atoms with van der Waals surface area (Å²) in [5.74, 6) is 0.0304. The average molecular weight is 311 g/mol. The van der Waals surface area contributed by atoms with Crippen LogP contribution in [0.5, 0.6) is 0 Å². The molecule has 1 atom stereocenters. The van der Waals surface area contributed by atoms with Gasteiger partial charge in [-0.1, -0.05) is 19.1 Å². The van der Waals surface area contributed by atoms with Gasteiger partial charge in [-0.05, 0) is 43.6 Å². The zero-order valence-corrected chi connectivity index (χ0v) is 13.6. The molecule has 0 aliphatic carbocycles. The van der Waals surface area contributed by atoms with E-state index in [1.165, 1.54) is 4.31 Å². The maximum atomic E-state index is 12.4. The van der Waals surface area contributed by atoms with Crippen LogP contribution in [0.25, 0.3) is 0 Å². The SMILES string of the molecule is CCN1CCCC1CN(C)S(=O)(=O)Cc1ccc(N)cc1. The highest BCUT2D eigenvalue weighted by molar-refractivity contribution is 7.88. The Morgan fingerprint density at radius 3 is 2.62 bits per heavy atom. The third-order valence-electron chi connectivity index (χ3n) is 4.18. The number of likely N-dealkylation sites (tertiary alicyclic amines) is 1. The van der Waals surface area contributed by atoms with Crippen molar-refractivity contribution in [3.8, 4) is 0 Å². The maximum absolute atomic E-state index is 12.4. The molecule has 1 aromatic rings. The first-order valence-corrected chi connectivity index (χ1v) is 9.06. The molecule has 0 amide bonds. The molecule has 2 N–H and O–H groups in total. The van der Waals surface area contributed by atoms with Crippen LogP contribution in [-0.2, 0) is 15.8 Å². The van der Waals surface area contributed by atoms with Gasteiger partial charge >= 0.3 is 0 Å². The highest BCUT2D eigenvalue weighted by Crippen LogP contribution is 2.19. The first-order chi connectivity index (χ1) is 9.92. The van der Waals surface area contributed by atoms with Crippen molar-refractivity contribution in [2.75, 3.05) is 32.4 Å². The van der Waals surface area contributed by atoms with Crippen molar-refractivity contribution in [3.05, 3.63) is 29.8 Å². The van der Waals surface area contributed by atoms with Crippen molar-refractivity contribution >= 4 is 15.7 Å². The Bertz CT molecular complexity index is 557. The highest BCUT2D eigenvalue weighted by atomic mass is 32.2. The zero-order valence-electron chi connectivity index (χ0n) is 12.8. The van der Waals surface area contributed by atoms with Crippen molar-refractivity contribution in [1.82, 2.24) is 9.21 Å². The third kappa shape index (κ3) is 4.18. The number of sulfonamides is 1. The minimum absolute atomic E-state index is 0.0304. The van der Waals surface area contributed by atoms with E-state index in [0.29, 0.717) is 18.3 Å². The lowest BCUT2D eigenvalue weighted by atomic mass is 10.2. The quantitative estimate of drug-likeness (QED) is 0.809. The Kier molecular flexibility index (Phi) is 5.24. The normalized spacial score (nSPS) is 20.2. The minimum Gasteiger partial charge on any atom is -0.399 e. The van der Waals surface area contributed by atoms with Gasteiger partial charge < -0.3 is 5.73 Å². The van der Waals surface area contributed by atoms with Gasteiger partial charge in [-0.25, -0.2) is 12.7 Å². The molecule has 21 heavy (non-hydrogen) atoms. The zero-order chi connectivity index (χ0) is 15.5. The van der Waals surface area contributed by atoms with Gasteiger partial charge in [0.05, 0.1) is 5.75 Å². The van der Waals surface area contributed by atoms with Crippen LogP contribution in [0, 0.1) is 0 Å². The first kappa shape index (κ1) is 16.3. The Morgan fingerprint density at radius 2 is 2.00 bits per heavy atom. The molecule has 2 rings (SSSR count). The summed E-state index contributed by atoms with van der Waals surface area (Å²) in [6.07, 6.45) is 2.24. The van der Waals surface area contributed by atoms with Crippen LogP contribution in [0.15, 0.2) is 24.3 Å². The van der Waals surface area contributed by atoms with E-state index in [9.17, 15) is 8.42 Å². The van der Waals surface area contributed by atoms with E-state index >= 15 is 0 Å². The second-order valence-electron chi connectivity index (χ2n) is 5.70.